The van der Waals surface area contributed by atoms with E-state index in [1.165, 1.54) is 0 Å². The molecule has 0 aromatic rings. The molecule has 0 aliphatic rings. The zero-order valence-corrected chi connectivity index (χ0v) is 8.49. The Morgan fingerprint density at radius 2 is 1.85 bits per heavy atom. The summed E-state index contributed by atoms with van der Waals surface area (Å²) in [5, 5.41) is 0. The van der Waals surface area contributed by atoms with Gasteiger partial charge in [-0.15, -0.1) is 0 Å². The van der Waals surface area contributed by atoms with Gasteiger partial charge in [-0.25, -0.2) is 0 Å². The Hall–Kier alpha value is -0.420. The van der Waals surface area contributed by atoms with Crippen LogP contribution in [0.3, 0.4) is 0 Å². The fourth-order valence-electron chi connectivity index (χ4n) is 0.678. The van der Waals surface area contributed by atoms with Crippen LogP contribution in [0.4, 0.5) is 0 Å². The molecule has 0 bridgehead atoms. The number of methoxy groups -OCH3 is 2. The van der Waals surface area contributed by atoms with Crippen LogP contribution >= 0.6 is 0 Å². The molecular formula is C9H18O4. The highest BCUT2D eigenvalue weighted by atomic mass is 16.7. The molecule has 4 nitrogen and oxygen atoms in total. The molecule has 0 rings (SSSR count). The van der Waals surface area contributed by atoms with E-state index in [1.54, 1.807) is 14.2 Å². The minimum Gasteiger partial charge on any atom is -0.359 e. The molecule has 0 saturated carbocycles. The second-order valence-electron chi connectivity index (χ2n) is 2.48. The minimum absolute atomic E-state index is 0.0473. The predicted molar refractivity (Wildman–Crippen MR) is 49.4 cm³/mol. The minimum atomic E-state index is 0.0473. The number of hydrogen-bond donors (Lipinski definition) is 0. The maximum absolute atomic E-state index is 5.20. The third-order valence-electron chi connectivity index (χ3n) is 1.27. The first-order valence-electron chi connectivity index (χ1n) is 4.15. The molecule has 0 spiro atoms. The van der Waals surface area contributed by atoms with E-state index in [1.807, 2.05) is 19.1 Å². The van der Waals surface area contributed by atoms with Crippen molar-refractivity contribution in [2.75, 3.05) is 34.4 Å². The van der Waals surface area contributed by atoms with Gasteiger partial charge in [0.05, 0.1) is 12.7 Å². The monoisotopic (exact) mass is 190 g/mol. The highest BCUT2D eigenvalue weighted by Gasteiger charge is 1.93. The Morgan fingerprint density at radius 1 is 1.15 bits per heavy atom. The molecule has 1 atom stereocenters. The van der Waals surface area contributed by atoms with Crippen molar-refractivity contribution >= 4 is 0 Å². The first kappa shape index (κ1) is 12.6. The summed E-state index contributed by atoms with van der Waals surface area (Å²) in [6, 6.07) is 0. The van der Waals surface area contributed by atoms with Gasteiger partial charge in [0, 0.05) is 14.2 Å². The van der Waals surface area contributed by atoms with Gasteiger partial charge < -0.3 is 18.9 Å². The number of hydrogen-bond acceptors (Lipinski definition) is 4. The van der Waals surface area contributed by atoms with Gasteiger partial charge in [0.25, 0.3) is 0 Å². The van der Waals surface area contributed by atoms with Crippen LogP contribution in [0.15, 0.2) is 12.2 Å². The average molecular weight is 190 g/mol. The smallest absolute Gasteiger partial charge is 0.147 e. The second kappa shape index (κ2) is 9.67. The first-order chi connectivity index (χ1) is 6.31. The molecule has 0 aliphatic heterocycles. The van der Waals surface area contributed by atoms with E-state index in [4.69, 9.17) is 18.9 Å². The number of rotatable bonds is 8. The zero-order valence-electron chi connectivity index (χ0n) is 8.49. The summed E-state index contributed by atoms with van der Waals surface area (Å²) in [4.78, 5) is 0. The molecule has 0 aliphatic carbocycles. The van der Waals surface area contributed by atoms with Crippen molar-refractivity contribution in [2.24, 2.45) is 0 Å². The summed E-state index contributed by atoms with van der Waals surface area (Å²) in [6.45, 7) is 3.10. The quantitative estimate of drug-likeness (QED) is 0.327. The Labute approximate surface area is 79.4 Å². The second-order valence-corrected chi connectivity index (χ2v) is 2.48. The van der Waals surface area contributed by atoms with Crippen LogP contribution in [-0.4, -0.2) is 40.5 Å². The summed E-state index contributed by atoms with van der Waals surface area (Å²) in [7, 11) is 3.19. The molecule has 0 heterocycles. The van der Waals surface area contributed by atoms with Crippen LogP contribution < -0.4 is 0 Å². The van der Waals surface area contributed by atoms with Crippen LogP contribution in [-0.2, 0) is 18.9 Å². The molecule has 0 aromatic heterocycles. The molecule has 0 fully saturated rings. The van der Waals surface area contributed by atoms with Crippen LogP contribution in [0.2, 0.25) is 0 Å². The van der Waals surface area contributed by atoms with Crippen molar-refractivity contribution in [3.05, 3.63) is 12.2 Å². The van der Waals surface area contributed by atoms with Gasteiger partial charge in [0.1, 0.15) is 13.6 Å². The van der Waals surface area contributed by atoms with Gasteiger partial charge in [-0.05, 0) is 6.92 Å². The Balaban J connectivity index is 3.25. The van der Waals surface area contributed by atoms with Gasteiger partial charge in [-0.2, -0.15) is 0 Å². The summed E-state index contributed by atoms with van der Waals surface area (Å²) in [5.74, 6) is 0. The van der Waals surface area contributed by atoms with E-state index in [9.17, 15) is 0 Å². The van der Waals surface area contributed by atoms with Gasteiger partial charge in [-0.3, -0.25) is 0 Å². The predicted octanol–water partition coefficient (Wildman–Crippen LogP) is 1.17. The van der Waals surface area contributed by atoms with Crippen molar-refractivity contribution in [1.82, 2.24) is 0 Å². The first-order valence-corrected chi connectivity index (χ1v) is 4.15. The zero-order chi connectivity index (χ0) is 9.94. The van der Waals surface area contributed by atoms with E-state index in [2.05, 4.69) is 0 Å². The molecule has 4 heteroatoms. The van der Waals surface area contributed by atoms with E-state index in [0.717, 1.165) is 0 Å². The SMILES string of the molecule is COCOC/C=C\C(C)OCOC. The molecule has 0 saturated heterocycles. The normalized spacial score (nSPS) is 13.8. The maximum Gasteiger partial charge on any atom is 0.147 e. The topological polar surface area (TPSA) is 36.9 Å². The molecule has 1 unspecified atom stereocenters. The molecule has 13 heavy (non-hydrogen) atoms. The van der Waals surface area contributed by atoms with E-state index < -0.39 is 0 Å². The highest BCUT2D eigenvalue weighted by Crippen LogP contribution is 1.92. The molecule has 0 amide bonds. The lowest BCUT2D eigenvalue weighted by Gasteiger charge is -2.06. The Bertz CT molecular complexity index is 125. The summed E-state index contributed by atoms with van der Waals surface area (Å²) in [6.07, 6.45) is 3.85. The Morgan fingerprint density at radius 3 is 2.46 bits per heavy atom. The van der Waals surface area contributed by atoms with E-state index in [0.29, 0.717) is 20.2 Å². The van der Waals surface area contributed by atoms with Crippen LogP contribution in [0.5, 0.6) is 0 Å². The number of ether oxygens (including phenoxy) is 4. The fraction of sp³-hybridized carbons (Fsp3) is 0.778. The summed E-state index contributed by atoms with van der Waals surface area (Å²) in [5.41, 5.74) is 0. The van der Waals surface area contributed by atoms with Crippen molar-refractivity contribution in [3.8, 4) is 0 Å². The standard InChI is InChI=1S/C9H18O4/c1-9(13-8-11-3)5-4-6-12-7-10-2/h4-5,9H,6-8H2,1-3H3/b5-4-. The molecule has 0 aromatic carbocycles. The largest absolute Gasteiger partial charge is 0.359 e. The lowest BCUT2D eigenvalue weighted by atomic mass is 10.3. The van der Waals surface area contributed by atoms with Gasteiger partial charge in [0.2, 0.25) is 0 Å². The van der Waals surface area contributed by atoms with E-state index >= 15 is 0 Å². The fourth-order valence-corrected chi connectivity index (χ4v) is 0.678. The van der Waals surface area contributed by atoms with E-state index in [-0.39, 0.29) is 6.10 Å². The molecule has 0 N–H and O–H groups in total. The van der Waals surface area contributed by atoms with Gasteiger partial charge >= 0.3 is 0 Å². The van der Waals surface area contributed by atoms with Crippen LogP contribution in [0.1, 0.15) is 6.92 Å². The highest BCUT2D eigenvalue weighted by molar-refractivity contribution is 4.86. The maximum atomic E-state index is 5.20. The van der Waals surface area contributed by atoms with Gasteiger partial charge in [-0.1, -0.05) is 12.2 Å². The molecule has 78 valence electrons. The molecular weight excluding hydrogens is 172 g/mol. The lowest BCUT2D eigenvalue weighted by molar-refractivity contribution is -0.0501. The van der Waals surface area contributed by atoms with Crippen LogP contribution in [0, 0.1) is 0 Å². The summed E-state index contributed by atoms with van der Waals surface area (Å²) >= 11 is 0. The molecule has 0 radical (unpaired) electrons. The van der Waals surface area contributed by atoms with Crippen molar-refractivity contribution < 1.29 is 18.9 Å². The lowest BCUT2D eigenvalue weighted by Crippen LogP contribution is -2.07. The third-order valence-corrected chi connectivity index (χ3v) is 1.27. The Kier molecular flexibility index (Phi) is 9.35. The third kappa shape index (κ3) is 9.49. The van der Waals surface area contributed by atoms with Crippen molar-refractivity contribution in [1.29, 1.82) is 0 Å². The summed E-state index contributed by atoms with van der Waals surface area (Å²) < 4.78 is 19.7. The average Bonchev–Trinajstić information content (AvgIpc) is 2.14. The van der Waals surface area contributed by atoms with Crippen molar-refractivity contribution in [2.45, 2.75) is 13.0 Å². The van der Waals surface area contributed by atoms with Crippen molar-refractivity contribution in [3.63, 3.8) is 0 Å². The van der Waals surface area contributed by atoms with Crippen LogP contribution in [0.25, 0.3) is 0 Å². The van der Waals surface area contributed by atoms with Gasteiger partial charge in [0.15, 0.2) is 0 Å².